The van der Waals surface area contributed by atoms with Crippen molar-refractivity contribution in [2.75, 3.05) is 38.5 Å². The molecule has 4 nitrogen and oxygen atoms in total. The van der Waals surface area contributed by atoms with Crippen LogP contribution in [0.2, 0.25) is 0 Å². The average Bonchev–Trinajstić information content (AvgIpc) is 2.71. The highest BCUT2D eigenvalue weighted by Gasteiger charge is 2.23. The first-order valence-electron chi connectivity index (χ1n) is 8.31. The molecule has 1 aliphatic rings. The molecular weight excluding hydrogens is 274 g/mol. The first-order valence-corrected chi connectivity index (χ1v) is 8.31. The van der Waals surface area contributed by atoms with E-state index in [4.69, 9.17) is 0 Å². The summed E-state index contributed by atoms with van der Waals surface area (Å²) in [6.45, 7) is 10.4. The SMILES string of the molecule is CC(C)c1ccc(NC(=O)[C@@H](C)N2CCCN(C)CC2)cc1. The summed E-state index contributed by atoms with van der Waals surface area (Å²) in [7, 11) is 2.14. The zero-order valence-corrected chi connectivity index (χ0v) is 14.3. The topological polar surface area (TPSA) is 35.6 Å². The van der Waals surface area contributed by atoms with Crippen LogP contribution in [-0.2, 0) is 4.79 Å². The van der Waals surface area contributed by atoms with Crippen LogP contribution in [-0.4, -0.2) is 55.0 Å². The molecule has 1 fully saturated rings. The third-order valence-corrected chi connectivity index (χ3v) is 4.53. The first-order chi connectivity index (χ1) is 10.5. The fourth-order valence-corrected chi connectivity index (χ4v) is 2.82. The number of anilines is 1. The number of hydrogen-bond donors (Lipinski definition) is 1. The van der Waals surface area contributed by atoms with Gasteiger partial charge in [0.05, 0.1) is 6.04 Å². The number of rotatable bonds is 4. The molecule has 1 aliphatic heterocycles. The second kappa shape index (κ2) is 7.75. The minimum absolute atomic E-state index is 0.0850. The van der Waals surface area contributed by atoms with Gasteiger partial charge in [-0.1, -0.05) is 26.0 Å². The summed E-state index contributed by atoms with van der Waals surface area (Å²) in [6, 6.07) is 8.08. The predicted octanol–water partition coefficient (Wildman–Crippen LogP) is 2.77. The minimum atomic E-state index is -0.0868. The van der Waals surface area contributed by atoms with Crippen LogP contribution in [0, 0.1) is 0 Å². The second-order valence-electron chi connectivity index (χ2n) is 6.63. The van der Waals surface area contributed by atoms with E-state index in [2.05, 4.69) is 48.1 Å². The van der Waals surface area contributed by atoms with Gasteiger partial charge in [-0.25, -0.2) is 0 Å². The van der Waals surface area contributed by atoms with Crippen LogP contribution in [0.5, 0.6) is 0 Å². The van der Waals surface area contributed by atoms with Crippen molar-refractivity contribution in [3.8, 4) is 0 Å². The molecule has 22 heavy (non-hydrogen) atoms. The highest BCUT2D eigenvalue weighted by molar-refractivity contribution is 5.94. The zero-order valence-electron chi connectivity index (χ0n) is 14.3. The molecule has 1 saturated heterocycles. The van der Waals surface area contributed by atoms with Crippen LogP contribution >= 0.6 is 0 Å². The van der Waals surface area contributed by atoms with Crippen LogP contribution in [0.1, 0.15) is 38.7 Å². The summed E-state index contributed by atoms with van der Waals surface area (Å²) in [5.74, 6) is 0.597. The van der Waals surface area contributed by atoms with E-state index < -0.39 is 0 Å². The summed E-state index contributed by atoms with van der Waals surface area (Å²) in [4.78, 5) is 17.1. The lowest BCUT2D eigenvalue weighted by Gasteiger charge is -2.26. The van der Waals surface area contributed by atoms with E-state index in [1.165, 1.54) is 5.56 Å². The van der Waals surface area contributed by atoms with Crippen LogP contribution in [0.15, 0.2) is 24.3 Å². The van der Waals surface area contributed by atoms with Gasteiger partial charge in [0, 0.05) is 25.3 Å². The van der Waals surface area contributed by atoms with Crippen molar-refractivity contribution < 1.29 is 4.79 Å². The van der Waals surface area contributed by atoms with Crippen LogP contribution in [0.3, 0.4) is 0 Å². The maximum Gasteiger partial charge on any atom is 0.241 e. The molecular formula is C18H29N3O. The molecule has 0 aliphatic carbocycles. The van der Waals surface area contributed by atoms with Crippen molar-refractivity contribution in [1.29, 1.82) is 0 Å². The molecule has 0 unspecified atom stereocenters. The lowest BCUT2D eigenvalue weighted by atomic mass is 10.0. The summed E-state index contributed by atoms with van der Waals surface area (Å²) in [6.07, 6.45) is 1.12. The highest BCUT2D eigenvalue weighted by Crippen LogP contribution is 2.17. The maximum absolute atomic E-state index is 12.5. The lowest BCUT2D eigenvalue weighted by molar-refractivity contribution is -0.120. The molecule has 0 bridgehead atoms. The molecule has 2 rings (SSSR count). The number of carbonyl (C=O) groups is 1. The van der Waals surface area contributed by atoms with Crippen LogP contribution in [0.4, 0.5) is 5.69 Å². The third-order valence-electron chi connectivity index (χ3n) is 4.53. The Kier molecular flexibility index (Phi) is 5.98. The number of likely N-dealkylation sites (N-methyl/N-ethyl adjacent to an activating group) is 1. The molecule has 4 heteroatoms. The van der Waals surface area contributed by atoms with E-state index in [1.807, 2.05) is 19.1 Å². The number of benzene rings is 1. The van der Waals surface area contributed by atoms with E-state index in [-0.39, 0.29) is 11.9 Å². The van der Waals surface area contributed by atoms with Crippen LogP contribution < -0.4 is 5.32 Å². The molecule has 0 spiro atoms. The fraction of sp³-hybridized carbons (Fsp3) is 0.611. The molecule has 1 aromatic carbocycles. The molecule has 122 valence electrons. The zero-order chi connectivity index (χ0) is 16.1. The van der Waals surface area contributed by atoms with Gasteiger partial charge in [0.2, 0.25) is 5.91 Å². The molecule has 0 aromatic heterocycles. The van der Waals surface area contributed by atoms with Crippen molar-refractivity contribution in [2.24, 2.45) is 0 Å². The standard InChI is InChI=1S/C18H29N3O/c1-14(2)16-6-8-17(9-7-16)19-18(22)15(3)21-11-5-10-20(4)12-13-21/h6-9,14-15H,5,10-13H2,1-4H3,(H,19,22)/t15-/m1/s1. The van der Waals surface area contributed by atoms with Crippen molar-refractivity contribution in [3.63, 3.8) is 0 Å². The molecule has 1 N–H and O–H groups in total. The Bertz CT molecular complexity index is 484. The number of amides is 1. The lowest BCUT2D eigenvalue weighted by Crippen LogP contribution is -2.43. The highest BCUT2D eigenvalue weighted by atomic mass is 16.2. The van der Waals surface area contributed by atoms with E-state index in [1.54, 1.807) is 0 Å². The smallest absolute Gasteiger partial charge is 0.241 e. The Labute approximate surface area is 134 Å². The van der Waals surface area contributed by atoms with Gasteiger partial charge in [-0.15, -0.1) is 0 Å². The van der Waals surface area contributed by atoms with Gasteiger partial charge in [-0.05, 0) is 50.6 Å². The van der Waals surface area contributed by atoms with E-state index >= 15 is 0 Å². The fourth-order valence-electron chi connectivity index (χ4n) is 2.82. The summed E-state index contributed by atoms with van der Waals surface area (Å²) in [5.41, 5.74) is 2.18. The molecule has 1 heterocycles. The number of carbonyl (C=O) groups excluding carboxylic acids is 1. The van der Waals surface area contributed by atoms with E-state index in [9.17, 15) is 4.79 Å². The first kappa shape index (κ1) is 17.0. The van der Waals surface area contributed by atoms with Crippen molar-refractivity contribution in [3.05, 3.63) is 29.8 Å². The Morgan fingerprint density at radius 3 is 2.36 bits per heavy atom. The van der Waals surface area contributed by atoms with Gasteiger partial charge in [0.25, 0.3) is 0 Å². The van der Waals surface area contributed by atoms with Gasteiger partial charge in [0.1, 0.15) is 0 Å². The minimum Gasteiger partial charge on any atom is -0.325 e. The molecule has 0 radical (unpaired) electrons. The molecule has 1 atom stereocenters. The van der Waals surface area contributed by atoms with Crippen molar-refractivity contribution in [2.45, 2.75) is 39.2 Å². The number of nitrogens with zero attached hydrogens (tertiary/aromatic N) is 2. The third kappa shape index (κ3) is 4.55. The Balaban J connectivity index is 1.93. The van der Waals surface area contributed by atoms with Crippen molar-refractivity contribution in [1.82, 2.24) is 9.80 Å². The Morgan fingerprint density at radius 2 is 1.73 bits per heavy atom. The second-order valence-corrected chi connectivity index (χ2v) is 6.63. The quantitative estimate of drug-likeness (QED) is 0.929. The van der Waals surface area contributed by atoms with Gasteiger partial charge >= 0.3 is 0 Å². The number of nitrogens with one attached hydrogen (secondary N) is 1. The van der Waals surface area contributed by atoms with Gasteiger partial charge in [-0.2, -0.15) is 0 Å². The predicted molar refractivity (Wildman–Crippen MR) is 92.3 cm³/mol. The summed E-state index contributed by atoms with van der Waals surface area (Å²) in [5, 5.41) is 3.04. The van der Waals surface area contributed by atoms with E-state index in [0.29, 0.717) is 5.92 Å². The largest absolute Gasteiger partial charge is 0.325 e. The van der Waals surface area contributed by atoms with E-state index in [0.717, 1.165) is 38.3 Å². The normalized spacial score (nSPS) is 19.0. The van der Waals surface area contributed by atoms with Crippen LogP contribution in [0.25, 0.3) is 0 Å². The van der Waals surface area contributed by atoms with Gasteiger partial charge in [-0.3, -0.25) is 9.69 Å². The van der Waals surface area contributed by atoms with Gasteiger partial charge in [0.15, 0.2) is 0 Å². The molecule has 0 saturated carbocycles. The monoisotopic (exact) mass is 303 g/mol. The summed E-state index contributed by atoms with van der Waals surface area (Å²) < 4.78 is 0. The maximum atomic E-state index is 12.5. The Hall–Kier alpha value is -1.39. The summed E-state index contributed by atoms with van der Waals surface area (Å²) >= 11 is 0. The molecule has 1 aromatic rings. The van der Waals surface area contributed by atoms with Gasteiger partial charge < -0.3 is 10.2 Å². The number of hydrogen-bond acceptors (Lipinski definition) is 3. The Morgan fingerprint density at radius 1 is 1.05 bits per heavy atom. The average molecular weight is 303 g/mol. The molecule has 1 amide bonds. The van der Waals surface area contributed by atoms with Crippen molar-refractivity contribution >= 4 is 11.6 Å².